The lowest BCUT2D eigenvalue weighted by Crippen LogP contribution is -2.09. The first-order chi connectivity index (χ1) is 9.81. The molecule has 0 fully saturated rings. The molecular weight excluding hydrogens is 252 g/mol. The molecule has 0 aliphatic rings. The minimum atomic E-state index is -0.232. The van der Waals surface area contributed by atoms with Gasteiger partial charge in [0, 0.05) is 5.56 Å². The molecule has 0 saturated carbocycles. The van der Waals surface area contributed by atoms with E-state index in [9.17, 15) is 4.79 Å². The Bertz CT molecular complexity index is 549. The molecule has 2 aromatic rings. The summed E-state index contributed by atoms with van der Waals surface area (Å²) < 4.78 is 10.6. The van der Waals surface area contributed by atoms with E-state index in [2.05, 4.69) is 0 Å². The molecule has 0 unspecified atom stereocenters. The summed E-state index contributed by atoms with van der Waals surface area (Å²) in [6.07, 6.45) is 0.261. The van der Waals surface area contributed by atoms with Crippen LogP contribution in [0, 0.1) is 0 Å². The van der Waals surface area contributed by atoms with Gasteiger partial charge < -0.3 is 9.47 Å². The fourth-order valence-corrected chi connectivity index (χ4v) is 1.93. The molecule has 0 N–H and O–H groups in total. The molecule has 20 heavy (non-hydrogen) atoms. The van der Waals surface area contributed by atoms with E-state index in [0.29, 0.717) is 13.2 Å². The number of hydrogen-bond acceptors (Lipinski definition) is 3. The average molecular weight is 270 g/mol. The number of ether oxygens (including phenoxy) is 2. The predicted octanol–water partition coefficient (Wildman–Crippen LogP) is 3.69. The minimum Gasteiger partial charge on any atom is -0.492 e. The third kappa shape index (κ3) is 3.85. The van der Waals surface area contributed by atoms with Gasteiger partial charge in [-0.25, -0.2) is 0 Å². The Morgan fingerprint density at radius 2 is 1.70 bits per heavy atom. The van der Waals surface area contributed by atoms with E-state index in [0.717, 1.165) is 16.9 Å². The van der Waals surface area contributed by atoms with Gasteiger partial charge >= 0.3 is 5.97 Å². The Hall–Kier alpha value is -2.29. The van der Waals surface area contributed by atoms with Crippen molar-refractivity contribution in [3.8, 4) is 16.9 Å². The SMILES string of the molecule is CCOC(=O)CCOc1ccccc1-c1ccccc1. The minimum absolute atomic E-state index is 0.232. The number of carbonyl (C=O) groups is 1. The highest BCUT2D eigenvalue weighted by Crippen LogP contribution is 2.29. The summed E-state index contributed by atoms with van der Waals surface area (Å²) in [6.45, 7) is 2.52. The molecule has 0 spiro atoms. The second kappa shape index (κ2) is 7.34. The normalized spacial score (nSPS) is 10.1. The van der Waals surface area contributed by atoms with Crippen molar-refractivity contribution in [2.45, 2.75) is 13.3 Å². The number of hydrogen-bond donors (Lipinski definition) is 0. The van der Waals surface area contributed by atoms with E-state index in [1.54, 1.807) is 6.92 Å². The Balaban J connectivity index is 2.04. The zero-order valence-corrected chi connectivity index (χ0v) is 11.5. The molecule has 104 valence electrons. The maximum Gasteiger partial charge on any atom is 0.309 e. The Morgan fingerprint density at radius 1 is 1.00 bits per heavy atom. The van der Waals surface area contributed by atoms with Crippen LogP contribution in [0.2, 0.25) is 0 Å². The summed E-state index contributed by atoms with van der Waals surface area (Å²) in [7, 11) is 0. The van der Waals surface area contributed by atoms with Gasteiger partial charge in [-0.05, 0) is 18.6 Å². The fraction of sp³-hybridized carbons (Fsp3) is 0.235. The molecule has 0 aliphatic carbocycles. The molecule has 0 amide bonds. The number of esters is 1. The number of benzene rings is 2. The summed E-state index contributed by atoms with van der Waals surface area (Å²) in [5, 5.41) is 0. The van der Waals surface area contributed by atoms with Crippen molar-refractivity contribution in [2.24, 2.45) is 0 Å². The van der Waals surface area contributed by atoms with E-state index in [-0.39, 0.29) is 12.4 Å². The number of carbonyl (C=O) groups excluding carboxylic acids is 1. The third-order valence-corrected chi connectivity index (χ3v) is 2.84. The van der Waals surface area contributed by atoms with Crippen LogP contribution < -0.4 is 4.74 Å². The molecule has 0 heterocycles. The van der Waals surface area contributed by atoms with Crippen LogP contribution >= 0.6 is 0 Å². The largest absolute Gasteiger partial charge is 0.492 e. The van der Waals surface area contributed by atoms with Crippen molar-refractivity contribution < 1.29 is 14.3 Å². The highest BCUT2D eigenvalue weighted by Gasteiger charge is 2.07. The quantitative estimate of drug-likeness (QED) is 0.751. The van der Waals surface area contributed by atoms with Crippen molar-refractivity contribution in [1.29, 1.82) is 0 Å². The topological polar surface area (TPSA) is 35.5 Å². The lowest BCUT2D eigenvalue weighted by Gasteiger charge is -2.11. The van der Waals surface area contributed by atoms with E-state index in [1.807, 2.05) is 54.6 Å². The van der Waals surface area contributed by atoms with Crippen LogP contribution in [0.5, 0.6) is 5.75 Å². The molecule has 0 aliphatic heterocycles. The standard InChI is InChI=1S/C17H18O3/c1-2-19-17(18)12-13-20-16-11-7-6-10-15(16)14-8-4-3-5-9-14/h3-11H,2,12-13H2,1H3. The molecule has 0 aromatic heterocycles. The number of rotatable bonds is 6. The van der Waals surface area contributed by atoms with Crippen LogP contribution in [0.25, 0.3) is 11.1 Å². The Kier molecular flexibility index (Phi) is 5.18. The van der Waals surface area contributed by atoms with E-state index >= 15 is 0 Å². The summed E-state index contributed by atoms with van der Waals surface area (Å²) in [6, 6.07) is 17.8. The molecule has 0 atom stereocenters. The summed E-state index contributed by atoms with van der Waals surface area (Å²) >= 11 is 0. The van der Waals surface area contributed by atoms with Gasteiger partial charge in [-0.1, -0.05) is 48.5 Å². The van der Waals surface area contributed by atoms with Gasteiger partial charge in [0.15, 0.2) is 0 Å². The van der Waals surface area contributed by atoms with Gasteiger partial charge in [0.2, 0.25) is 0 Å². The van der Waals surface area contributed by atoms with Crippen LogP contribution in [0.1, 0.15) is 13.3 Å². The van der Waals surface area contributed by atoms with E-state index in [4.69, 9.17) is 9.47 Å². The lowest BCUT2D eigenvalue weighted by molar-refractivity contribution is -0.143. The van der Waals surface area contributed by atoms with Crippen molar-refractivity contribution in [3.05, 3.63) is 54.6 Å². The molecule has 3 heteroatoms. The summed E-state index contributed by atoms with van der Waals surface area (Å²) in [5.74, 6) is 0.549. The first-order valence-corrected chi connectivity index (χ1v) is 6.74. The fourth-order valence-electron chi connectivity index (χ4n) is 1.93. The highest BCUT2D eigenvalue weighted by molar-refractivity contribution is 5.71. The summed E-state index contributed by atoms with van der Waals surface area (Å²) in [4.78, 5) is 11.3. The lowest BCUT2D eigenvalue weighted by atomic mass is 10.1. The predicted molar refractivity (Wildman–Crippen MR) is 78.6 cm³/mol. The zero-order valence-electron chi connectivity index (χ0n) is 11.5. The molecule has 2 rings (SSSR count). The molecule has 0 radical (unpaired) electrons. The van der Waals surface area contributed by atoms with E-state index in [1.165, 1.54) is 0 Å². The van der Waals surface area contributed by atoms with Gasteiger partial charge in [0.25, 0.3) is 0 Å². The van der Waals surface area contributed by atoms with Crippen LogP contribution in [0.4, 0.5) is 0 Å². The molecular formula is C17H18O3. The van der Waals surface area contributed by atoms with Gasteiger partial charge in [0.05, 0.1) is 19.6 Å². The van der Waals surface area contributed by atoms with Crippen molar-refractivity contribution >= 4 is 5.97 Å². The molecule has 0 bridgehead atoms. The van der Waals surface area contributed by atoms with Crippen LogP contribution in [0.3, 0.4) is 0 Å². The van der Waals surface area contributed by atoms with Gasteiger partial charge in [0.1, 0.15) is 5.75 Å². The monoisotopic (exact) mass is 270 g/mol. The van der Waals surface area contributed by atoms with Crippen molar-refractivity contribution in [2.75, 3.05) is 13.2 Å². The number of para-hydroxylation sites is 1. The van der Waals surface area contributed by atoms with Crippen molar-refractivity contribution in [1.82, 2.24) is 0 Å². The average Bonchev–Trinajstić information content (AvgIpc) is 2.49. The van der Waals surface area contributed by atoms with Gasteiger partial charge in [-0.2, -0.15) is 0 Å². The highest BCUT2D eigenvalue weighted by atomic mass is 16.5. The second-order valence-electron chi connectivity index (χ2n) is 4.27. The molecule has 0 saturated heterocycles. The van der Waals surface area contributed by atoms with Crippen LogP contribution in [-0.4, -0.2) is 19.2 Å². The first kappa shape index (κ1) is 14.1. The second-order valence-corrected chi connectivity index (χ2v) is 4.27. The Morgan fingerprint density at radius 3 is 2.45 bits per heavy atom. The van der Waals surface area contributed by atoms with Gasteiger partial charge in [-0.15, -0.1) is 0 Å². The Labute approximate surface area is 119 Å². The van der Waals surface area contributed by atoms with E-state index < -0.39 is 0 Å². The third-order valence-electron chi connectivity index (χ3n) is 2.84. The maximum atomic E-state index is 11.3. The van der Waals surface area contributed by atoms with Gasteiger partial charge in [-0.3, -0.25) is 4.79 Å². The van der Waals surface area contributed by atoms with Crippen molar-refractivity contribution in [3.63, 3.8) is 0 Å². The zero-order chi connectivity index (χ0) is 14.2. The maximum absolute atomic E-state index is 11.3. The van der Waals surface area contributed by atoms with Crippen LogP contribution in [-0.2, 0) is 9.53 Å². The molecule has 3 nitrogen and oxygen atoms in total. The molecule has 2 aromatic carbocycles. The van der Waals surface area contributed by atoms with Crippen LogP contribution in [0.15, 0.2) is 54.6 Å². The summed E-state index contributed by atoms with van der Waals surface area (Å²) in [5.41, 5.74) is 2.12. The first-order valence-electron chi connectivity index (χ1n) is 6.74. The smallest absolute Gasteiger partial charge is 0.309 e.